The number of hydrogen-bond donors (Lipinski definition) is 1. The van der Waals surface area contributed by atoms with E-state index in [9.17, 15) is 9.18 Å². The smallest absolute Gasteiger partial charge is 0.323 e. The molecule has 0 aliphatic carbocycles. The van der Waals surface area contributed by atoms with Crippen molar-refractivity contribution in [2.45, 2.75) is 13.5 Å². The number of carboxylic acid groups (broad SMARTS) is 1. The topological polar surface area (TPSA) is 68.0 Å². The van der Waals surface area contributed by atoms with E-state index in [-0.39, 0.29) is 6.54 Å². The van der Waals surface area contributed by atoms with Crippen molar-refractivity contribution in [3.63, 3.8) is 0 Å². The lowest BCUT2D eigenvalue weighted by Gasteiger charge is -2.02. The maximum atomic E-state index is 13.0. The normalized spacial score (nSPS) is 10.5. The minimum Gasteiger partial charge on any atom is -0.480 e. The van der Waals surface area contributed by atoms with Crippen LogP contribution in [-0.4, -0.2) is 25.6 Å². The van der Waals surface area contributed by atoms with Crippen LogP contribution in [0.25, 0.3) is 11.3 Å². The van der Waals surface area contributed by atoms with Gasteiger partial charge in [-0.1, -0.05) is 0 Å². The second kappa shape index (κ2) is 4.32. The third-order valence-electron chi connectivity index (χ3n) is 2.41. The van der Waals surface area contributed by atoms with Gasteiger partial charge in [0.05, 0.1) is 12.0 Å². The third-order valence-corrected chi connectivity index (χ3v) is 2.41. The van der Waals surface area contributed by atoms with E-state index in [0.717, 1.165) is 0 Å². The molecule has 2 aromatic rings. The summed E-state index contributed by atoms with van der Waals surface area (Å²) in [6, 6.07) is 2.89. The van der Waals surface area contributed by atoms with E-state index < -0.39 is 11.9 Å². The number of pyridine rings is 1. The molecular formula is C11H10FN3O2. The van der Waals surface area contributed by atoms with Gasteiger partial charge < -0.3 is 9.67 Å². The number of nitrogens with zero attached hydrogens (tertiary/aromatic N) is 3. The Hall–Kier alpha value is -2.24. The predicted molar refractivity (Wildman–Crippen MR) is 57.8 cm³/mol. The molecule has 1 N–H and O–H groups in total. The molecule has 2 rings (SSSR count). The standard InChI is InChI=1S/C11H10FN3O2/c1-7-11(8-2-3-13-9(12)4-8)14-6-15(7)5-10(16)17/h2-4,6H,5H2,1H3,(H,16,17). The highest BCUT2D eigenvalue weighted by Gasteiger charge is 2.11. The van der Waals surface area contributed by atoms with Gasteiger partial charge in [-0.2, -0.15) is 4.39 Å². The molecule has 2 heterocycles. The molecule has 0 unspecified atom stereocenters. The minimum absolute atomic E-state index is 0.160. The molecule has 0 radical (unpaired) electrons. The predicted octanol–water partition coefficient (Wildman–Crippen LogP) is 1.48. The van der Waals surface area contributed by atoms with E-state index in [1.54, 1.807) is 13.0 Å². The van der Waals surface area contributed by atoms with E-state index in [4.69, 9.17) is 5.11 Å². The lowest BCUT2D eigenvalue weighted by atomic mass is 10.1. The SMILES string of the molecule is Cc1c(-c2ccnc(F)c2)ncn1CC(=O)O. The number of carbonyl (C=O) groups is 1. The minimum atomic E-state index is -0.946. The van der Waals surface area contributed by atoms with Gasteiger partial charge in [-0.15, -0.1) is 0 Å². The van der Waals surface area contributed by atoms with Crippen molar-refractivity contribution in [1.29, 1.82) is 0 Å². The molecule has 6 heteroatoms. The highest BCUT2D eigenvalue weighted by molar-refractivity contribution is 5.68. The van der Waals surface area contributed by atoms with Gasteiger partial charge in [-0.3, -0.25) is 4.79 Å². The fraction of sp³-hybridized carbons (Fsp3) is 0.182. The monoisotopic (exact) mass is 235 g/mol. The molecule has 0 fully saturated rings. The van der Waals surface area contributed by atoms with Crippen LogP contribution in [0, 0.1) is 12.9 Å². The molecule has 2 aromatic heterocycles. The summed E-state index contributed by atoms with van der Waals surface area (Å²) in [5, 5.41) is 8.70. The third kappa shape index (κ3) is 2.30. The van der Waals surface area contributed by atoms with Gasteiger partial charge in [0.25, 0.3) is 0 Å². The van der Waals surface area contributed by atoms with Gasteiger partial charge in [0.2, 0.25) is 5.95 Å². The molecule has 0 aliphatic heterocycles. The Morgan fingerprint density at radius 3 is 2.94 bits per heavy atom. The Bertz CT molecular complexity index is 566. The van der Waals surface area contributed by atoms with Crippen LogP contribution in [0.4, 0.5) is 4.39 Å². The summed E-state index contributed by atoms with van der Waals surface area (Å²) in [7, 11) is 0. The molecule has 88 valence electrons. The second-order valence-electron chi connectivity index (χ2n) is 3.57. The van der Waals surface area contributed by atoms with Crippen LogP contribution in [0.3, 0.4) is 0 Å². The van der Waals surface area contributed by atoms with E-state index in [2.05, 4.69) is 9.97 Å². The summed E-state index contributed by atoms with van der Waals surface area (Å²) >= 11 is 0. The number of hydrogen-bond acceptors (Lipinski definition) is 3. The maximum absolute atomic E-state index is 13.0. The molecule has 0 aliphatic rings. The van der Waals surface area contributed by atoms with Gasteiger partial charge in [0.1, 0.15) is 6.54 Å². The first-order valence-electron chi connectivity index (χ1n) is 4.93. The van der Waals surface area contributed by atoms with Gasteiger partial charge in [-0.25, -0.2) is 9.97 Å². The summed E-state index contributed by atoms with van der Waals surface area (Å²) in [6.07, 6.45) is 2.78. The van der Waals surface area contributed by atoms with Gasteiger partial charge in [-0.05, 0) is 13.0 Å². The van der Waals surface area contributed by atoms with Gasteiger partial charge in [0.15, 0.2) is 0 Å². The number of aromatic nitrogens is 3. The summed E-state index contributed by atoms with van der Waals surface area (Å²) in [5.41, 5.74) is 1.82. The number of imidazole rings is 1. The fourth-order valence-corrected chi connectivity index (χ4v) is 1.58. The Balaban J connectivity index is 2.40. The zero-order valence-electron chi connectivity index (χ0n) is 9.09. The maximum Gasteiger partial charge on any atom is 0.323 e. The summed E-state index contributed by atoms with van der Waals surface area (Å²) in [5.74, 6) is -1.53. The zero-order valence-corrected chi connectivity index (χ0v) is 9.09. The van der Waals surface area contributed by atoms with Crippen LogP contribution in [0.2, 0.25) is 0 Å². The summed E-state index contributed by atoms with van der Waals surface area (Å²) in [6.45, 7) is 1.58. The molecule has 0 saturated heterocycles. The van der Waals surface area contributed by atoms with Crippen molar-refractivity contribution in [3.8, 4) is 11.3 Å². The van der Waals surface area contributed by atoms with Crippen molar-refractivity contribution < 1.29 is 14.3 Å². The molecule has 5 nitrogen and oxygen atoms in total. The van der Waals surface area contributed by atoms with Crippen LogP contribution >= 0.6 is 0 Å². The van der Waals surface area contributed by atoms with Crippen LogP contribution in [0.1, 0.15) is 5.69 Å². The number of aliphatic carboxylic acids is 1. The first-order chi connectivity index (χ1) is 8.08. The molecule has 0 atom stereocenters. The van der Waals surface area contributed by atoms with Crippen LogP contribution < -0.4 is 0 Å². The highest BCUT2D eigenvalue weighted by atomic mass is 19.1. The molecule has 17 heavy (non-hydrogen) atoms. The molecule has 0 amide bonds. The Labute approximate surface area is 96.6 Å². The molecular weight excluding hydrogens is 225 g/mol. The van der Waals surface area contributed by atoms with Crippen molar-refractivity contribution in [1.82, 2.24) is 14.5 Å². The van der Waals surface area contributed by atoms with Crippen molar-refractivity contribution in [3.05, 3.63) is 36.3 Å². The van der Waals surface area contributed by atoms with E-state index in [1.165, 1.54) is 23.2 Å². The number of halogens is 1. The quantitative estimate of drug-likeness (QED) is 0.818. The largest absolute Gasteiger partial charge is 0.480 e. The Morgan fingerprint density at radius 2 is 2.29 bits per heavy atom. The van der Waals surface area contributed by atoms with E-state index in [1.807, 2.05) is 0 Å². The molecule has 0 spiro atoms. The fourth-order valence-electron chi connectivity index (χ4n) is 1.58. The zero-order chi connectivity index (χ0) is 12.4. The summed E-state index contributed by atoms with van der Waals surface area (Å²) in [4.78, 5) is 18.1. The number of rotatable bonds is 3. The molecule has 0 bridgehead atoms. The van der Waals surface area contributed by atoms with Crippen molar-refractivity contribution >= 4 is 5.97 Å². The van der Waals surface area contributed by atoms with E-state index >= 15 is 0 Å². The van der Waals surface area contributed by atoms with Crippen molar-refractivity contribution in [2.75, 3.05) is 0 Å². The Morgan fingerprint density at radius 1 is 1.53 bits per heavy atom. The average Bonchev–Trinajstić information content (AvgIpc) is 2.60. The summed E-state index contributed by atoms with van der Waals surface area (Å²) < 4.78 is 14.5. The van der Waals surface area contributed by atoms with Gasteiger partial charge in [0, 0.05) is 23.5 Å². The number of carboxylic acids is 1. The van der Waals surface area contributed by atoms with Crippen molar-refractivity contribution in [2.24, 2.45) is 0 Å². The molecule has 0 saturated carbocycles. The van der Waals surface area contributed by atoms with E-state index in [0.29, 0.717) is 17.0 Å². The van der Waals surface area contributed by atoms with Crippen LogP contribution in [0.15, 0.2) is 24.7 Å². The lowest BCUT2D eigenvalue weighted by Crippen LogP contribution is -2.08. The second-order valence-corrected chi connectivity index (χ2v) is 3.57. The van der Waals surface area contributed by atoms with Crippen LogP contribution in [0.5, 0.6) is 0 Å². The Kier molecular flexibility index (Phi) is 2.86. The lowest BCUT2D eigenvalue weighted by molar-refractivity contribution is -0.137. The first-order valence-corrected chi connectivity index (χ1v) is 4.93. The first kappa shape index (κ1) is 11.3. The molecule has 0 aromatic carbocycles. The highest BCUT2D eigenvalue weighted by Crippen LogP contribution is 2.21. The van der Waals surface area contributed by atoms with Gasteiger partial charge >= 0.3 is 5.97 Å². The average molecular weight is 235 g/mol. The van der Waals surface area contributed by atoms with Crippen LogP contribution in [-0.2, 0) is 11.3 Å².